The third-order valence-corrected chi connectivity index (χ3v) is 3.58. The van der Waals surface area contributed by atoms with E-state index in [0.717, 1.165) is 18.1 Å². The van der Waals surface area contributed by atoms with Crippen LogP contribution in [0, 0.1) is 12.7 Å². The lowest BCUT2D eigenvalue weighted by molar-refractivity contribution is -0.120. The van der Waals surface area contributed by atoms with E-state index >= 15 is 0 Å². The molecule has 1 aliphatic heterocycles. The van der Waals surface area contributed by atoms with E-state index < -0.39 is 5.82 Å². The van der Waals surface area contributed by atoms with Gasteiger partial charge in [-0.3, -0.25) is 19.2 Å². The average Bonchev–Trinajstić information content (AvgIpc) is 2.86. The molecule has 3 rings (SSSR count). The topological polar surface area (TPSA) is 84.2 Å². The molecule has 0 saturated carbocycles. The maximum absolute atomic E-state index is 12.9. The highest BCUT2D eigenvalue weighted by Crippen LogP contribution is 2.14. The van der Waals surface area contributed by atoms with E-state index in [1.54, 1.807) is 20.0 Å². The van der Waals surface area contributed by atoms with Gasteiger partial charge < -0.3 is 4.90 Å². The van der Waals surface area contributed by atoms with Gasteiger partial charge in [-0.1, -0.05) is 0 Å². The molecule has 0 atom stereocenters. The van der Waals surface area contributed by atoms with Crippen LogP contribution in [-0.4, -0.2) is 56.1 Å². The number of carbonyl (C=O) groups excluding carboxylic acids is 2. The molecule has 120 valence electrons. The lowest BCUT2D eigenvalue weighted by Crippen LogP contribution is -2.53. The standard InChI is InChI=1S/C14H15FN6O2/c1-9-5-11(19(2)18-9)13(23)20-3-4-21(12(22)8-20)14-16-6-10(15)7-17-14/h5-7H,3-4,8H2,1-2H3. The van der Waals surface area contributed by atoms with Gasteiger partial charge >= 0.3 is 0 Å². The zero-order valence-electron chi connectivity index (χ0n) is 12.7. The number of halogens is 1. The number of hydrogen-bond donors (Lipinski definition) is 0. The van der Waals surface area contributed by atoms with E-state index in [4.69, 9.17) is 0 Å². The Morgan fingerprint density at radius 3 is 2.52 bits per heavy atom. The molecule has 1 saturated heterocycles. The van der Waals surface area contributed by atoms with Crippen molar-refractivity contribution in [2.45, 2.75) is 6.92 Å². The summed E-state index contributed by atoms with van der Waals surface area (Å²) >= 11 is 0. The number of piperazine rings is 1. The molecular weight excluding hydrogens is 303 g/mol. The smallest absolute Gasteiger partial charge is 0.272 e. The van der Waals surface area contributed by atoms with Gasteiger partial charge in [0, 0.05) is 20.1 Å². The SMILES string of the molecule is Cc1cc(C(=O)N2CCN(c3ncc(F)cn3)C(=O)C2)n(C)n1. The first-order chi connectivity index (χ1) is 11.0. The van der Waals surface area contributed by atoms with Crippen molar-refractivity contribution >= 4 is 17.8 Å². The molecule has 2 aromatic heterocycles. The van der Waals surface area contributed by atoms with Crippen molar-refractivity contribution in [1.82, 2.24) is 24.6 Å². The Morgan fingerprint density at radius 2 is 1.96 bits per heavy atom. The Morgan fingerprint density at radius 1 is 1.26 bits per heavy atom. The molecule has 8 nitrogen and oxygen atoms in total. The highest BCUT2D eigenvalue weighted by atomic mass is 19.1. The van der Waals surface area contributed by atoms with Crippen LogP contribution >= 0.6 is 0 Å². The van der Waals surface area contributed by atoms with Crippen LogP contribution < -0.4 is 4.90 Å². The second-order valence-corrected chi connectivity index (χ2v) is 5.27. The Balaban J connectivity index is 1.73. The Labute approximate surface area is 131 Å². The molecule has 3 heterocycles. The molecule has 0 bridgehead atoms. The molecule has 1 aliphatic rings. The molecule has 0 aliphatic carbocycles. The van der Waals surface area contributed by atoms with Crippen LogP contribution in [0.5, 0.6) is 0 Å². The summed E-state index contributed by atoms with van der Waals surface area (Å²) in [5.74, 6) is -0.988. The van der Waals surface area contributed by atoms with Crippen molar-refractivity contribution < 1.29 is 14.0 Å². The van der Waals surface area contributed by atoms with Crippen LogP contribution in [0.25, 0.3) is 0 Å². The van der Waals surface area contributed by atoms with E-state index in [2.05, 4.69) is 15.1 Å². The molecular formula is C14H15FN6O2. The highest BCUT2D eigenvalue weighted by Gasteiger charge is 2.31. The van der Waals surface area contributed by atoms with Gasteiger partial charge in [0.2, 0.25) is 11.9 Å². The normalized spacial score (nSPS) is 15.2. The van der Waals surface area contributed by atoms with E-state index in [-0.39, 0.29) is 30.9 Å². The van der Waals surface area contributed by atoms with Crippen molar-refractivity contribution in [3.63, 3.8) is 0 Å². The molecule has 0 N–H and O–H groups in total. The van der Waals surface area contributed by atoms with Crippen molar-refractivity contribution in [1.29, 1.82) is 0 Å². The van der Waals surface area contributed by atoms with Crippen LogP contribution in [0.3, 0.4) is 0 Å². The van der Waals surface area contributed by atoms with E-state index in [0.29, 0.717) is 12.2 Å². The van der Waals surface area contributed by atoms with Crippen LogP contribution in [0.1, 0.15) is 16.2 Å². The minimum atomic E-state index is -0.568. The van der Waals surface area contributed by atoms with Crippen LogP contribution in [0.2, 0.25) is 0 Å². The van der Waals surface area contributed by atoms with Gasteiger partial charge in [0.15, 0.2) is 5.82 Å². The predicted octanol–water partition coefficient (Wildman–Crippen LogP) is 0.147. The quantitative estimate of drug-likeness (QED) is 0.787. The monoisotopic (exact) mass is 318 g/mol. The van der Waals surface area contributed by atoms with Gasteiger partial charge in [-0.2, -0.15) is 5.10 Å². The largest absolute Gasteiger partial charge is 0.326 e. The number of rotatable bonds is 2. The highest BCUT2D eigenvalue weighted by molar-refractivity contribution is 6.00. The molecule has 9 heteroatoms. The Bertz CT molecular complexity index is 757. The second-order valence-electron chi connectivity index (χ2n) is 5.27. The fraction of sp³-hybridized carbons (Fsp3) is 0.357. The zero-order valence-corrected chi connectivity index (χ0v) is 12.7. The number of anilines is 1. The predicted molar refractivity (Wildman–Crippen MR) is 78.2 cm³/mol. The Kier molecular flexibility index (Phi) is 3.77. The molecule has 23 heavy (non-hydrogen) atoms. The van der Waals surface area contributed by atoms with E-state index in [1.807, 2.05) is 0 Å². The molecule has 0 aromatic carbocycles. The summed E-state index contributed by atoms with van der Waals surface area (Å²) in [5, 5.41) is 4.14. The number of hydrogen-bond acceptors (Lipinski definition) is 5. The van der Waals surface area contributed by atoms with Crippen molar-refractivity contribution in [2.75, 3.05) is 24.5 Å². The maximum Gasteiger partial charge on any atom is 0.272 e. The van der Waals surface area contributed by atoms with Crippen molar-refractivity contribution in [3.8, 4) is 0 Å². The molecule has 2 amide bonds. The summed E-state index contributed by atoms with van der Waals surface area (Å²) in [4.78, 5) is 35.1. The van der Waals surface area contributed by atoms with Crippen LogP contribution in [-0.2, 0) is 11.8 Å². The summed E-state index contributed by atoms with van der Waals surface area (Å²) in [5.41, 5.74) is 1.17. The lowest BCUT2D eigenvalue weighted by Gasteiger charge is -2.32. The van der Waals surface area contributed by atoms with Gasteiger partial charge in [-0.25, -0.2) is 14.4 Å². The van der Waals surface area contributed by atoms with Crippen molar-refractivity contribution in [2.24, 2.45) is 7.05 Å². The number of carbonyl (C=O) groups is 2. The van der Waals surface area contributed by atoms with Crippen LogP contribution in [0.4, 0.5) is 10.3 Å². The third kappa shape index (κ3) is 2.89. The first-order valence-corrected chi connectivity index (χ1v) is 7.03. The number of aromatic nitrogens is 4. The molecule has 0 unspecified atom stereocenters. The zero-order chi connectivity index (χ0) is 16.6. The summed E-state index contributed by atoms with van der Waals surface area (Å²) < 4.78 is 14.4. The third-order valence-electron chi connectivity index (χ3n) is 3.58. The number of amides is 2. The average molecular weight is 318 g/mol. The summed E-state index contributed by atoms with van der Waals surface area (Å²) in [6.07, 6.45) is 2.01. The number of aryl methyl sites for hydroxylation is 2. The summed E-state index contributed by atoms with van der Waals surface area (Å²) in [6, 6.07) is 1.68. The summed E-state index contributed by atoms with van der Waals surface area (Å²) in [6.45, 7) is 2.32. The minimum Gasteiger partial charge on any atom is -0.326 e. The fourth-order valence-electron chi connectivity index (χ4n) is 2.48. The first-order valence-electron chi connectivity index (χ1n) is 7.03. The maximum atomic E-state index is 12.9. The van der Waals surface area contributed by atoms with Gasteiger partial charge in [-0.15, -0.1) is 0 Å². The number of nitrogens with zero attached hydrogens (tertiary/aromatic N) is 6. The van der Waals surface area contributed by atoms with Gasteiger partial charge in [-0.05, 0) is 13.0 Å². The molecule has 0 spiro atoms. The molecule has 2 aromatic rings. The second kappa shape index (κ2) is 5.75. The van der Waals surface area contributed by atoms with Crippen LogP contribution in [0.15, 0.2) is 18.5 Å². The molecule has 1 fully saturated rings. The lowest BCUT2D eigenvalue weighted by atomic mass is 10.2. The molecule has 0 radical (unpaired) electrons. The first kappa shape index (κ1) is 15.1. The van der Waals surface area contributed by atoms with Gasteiger partial charge in [0.25, 0.3) is 5.91 Å². The van der Waals surface area contributed by atoms with E-state index in [1.165, 1.54) is 14.5 Å². The summed E-state index contributed by atoms with van der Waals surface area (Å²) in [7, 11) is 1.69. The van der Waals surface area contributed by atoms with Crippen molar-refractivity contribution in [3.05, 3.63) is 35.7 Å². The van der Waals surface area contributed by atoms with Gasteiger partial charge in [0.05, 0.1) is 18.1 Å². The van der Waals surface area contributed by atoms with E-state index in [9.17, 15) is 14.0 Å². The Hall–Kier alpha value is -2.84. The van der Waals surface area contributed by atoms with Gasteiger partial charge in [0.1, 0.15) is 12.2 Å². The minimum absolute atomic E-state index is 0.0796. The fourth-order valence-corrected chi connectivity index (χ4v) is 2.48.